The van der Waals surface area contributed by atoms with E-state index in [0.717, 1.165) is 51.2 Å². The smallest absolute Gasteiger partial charge is 0.138 e. The Morgan fingerprint density at radius 1 is 0.917 bits per heavy atom. The number of hydrogen-bond donors (Lipinski definition) is 2. The molecule has 0 aliphatic heterocycles. The van der Waals surface area contributed by atoms with E-state index in [-0.39, 0.29) is 0 Å². The van der Waals surface area contributed by atoms with Crippen molar-refractivity contribution in [1.82, 2.24) is 25.1 Å². The minimum absolute atomic E-state index is 0.621. The van der Waals surface area contributed by atoms with Crippen LogP contribution in [0.5, 0.6) is 5.75 Å². The Kier molecular flexibility index (Phi) is 5.79. The lowest BCUT2D eigenvalue weighted by Gasteiger charge is -2.11. The number of pyridine rings is 1. The first-order valence-electron chi connectivity index (χ1n) is 12.0. The van der Waals surface area contributed by atoms with Crippen LogP contribution in [-0.2, 0) is 0 Å². The van der Waals surface area contributed by atoms with Crippen molar-refractivity contribution in [3.8, 4) is 38.7 Å². The Bertz CT molecular complexity index is 1680. The molecule has 7 heteroatoms. The highest BCUT2D eigenvalue weighted by Crippen LogP contribution is 2.37. The number of hydrogen-bond acceptors (Lipinski definition) is 5. The van der Waals surface area contributed by atoms with Gasteiger partial charge in [0.2, 0.25) is 0 Å². The number of aromatic nitrogens is 4. The highest BCUT2D eigenvalue weighted by atomic mass is 32.1. The van der Waals surface area contributed by atoms with Crippen molar-refractivity contribution in [1.29, 1.82) is 0 Å². The first-order valence-corrected chi connectivity index (χ1v) is 12.8. The fourth-order valence-corrected chi connectivity index (χ4v) is 5.38. The molecule has 0 atom stereocenters. The van der Waals surface area contributed by atoms with E-state index < -0.39 is 0 Å². The number of aryl methyl sites for hydroxylation is 1. The van der Waals surface area contributed by atoms with Crippen LogP contribution in [0.2, 0.25) is 0 Å². The number of aromatic amines is 2. The van der Waals surface area contributed by atoms with Gasteiger partial charge in [0.15, 0.2) is 0 Å². The molecule has 6 nitrogen and oxygen atoms in total. The Hall–Kier alpha value is -3.94. The van der Waals surface area contributed by atoms with Gasteiger partial charge >= 0.3 is 0 Å². The fourth-order valence-electron chi connectivity index (χ4n) is 4.48. The maximum absolute atomic E-state index is 5.90. The maximum Gasteiger partial charge on any atom is 0.138 e. The van der Waals surface area contributed by atoms with Crippen LogP contribution in [0.4, 0.5) is 0 Å². The monoisotopic (exact) mass is 493 g/mol. The predicted molar refractivity (Wildman–Crippen MR) is 149 cm³/mol. The molecule has 6 rings (SSSR count). The van der Waals surface area contributed by atoms with Crippen LogP contribution in [0.3, 0.4) is 0 Å². The molecule has 2 aromatic carbocycles. The highest BCUT2D eigenvalue weighted by Gasteiger charge is 2.15. The molecule has 36 heavy (non-hydrogen) atoms. The molecule has 2 N–H and O–H groups in total. The number of ether oxygens (including phenoxy) is 1. The van der Waals surface area contributed by atoms with E-state index in [9.17, 15) is 0 Å². The molecule has 0 saturated carbocycles. The zero-order valence-electron chi connectivity index (χ0n) is 20.5. The normalized spacial score (nSPS) is 11.7. The largest absolute Gasteiger partial charge is 0.491 e. The zero-order chi connectivity index (χ0) is 24.6. The lowest BCUT2D eigenvalue weighted by molar-refractivity contribution is 0.261. The lowest BCUT2D eigenvalue weighted by atomic mass is 10.0. The van der Waals surface area contributed by atoms with Crippen molar-refractivity contribution in [2.75, 3.05) is 27.2 Å². The lowest BCUT2D eigenvalue weighted by Crippen LogP contribution is -2.19. The van der Waals surface area contributed by atoms with Crippen molar-refractivity contribution >= 4 is 33.1 Å². The van der Waals surface area contributed by atoms with Crippen LogP contribution < -0.4 is 4.74 Å². The molecule has 0 unspecified atom stereocenters. The summed E-state index contributed by atoms with van der Waals surface area (Å²) >= 11 is 1.82. The average molecular weight is 494 g/mol. The summed E-state index contributed by atoms with van der Waals surface area (Å²) in [5.74, 6) is 0.772. The molecule has 4 heterocycles. The molecule has 0 saturated heterocycles. The number of nitrogens with one attached hydrogen (secondary N) is 2. The third kappa shape index (κ3) is 4.27. The summed E-state index contributed by atoms with van der Waals surface area (Å²) in [5.41, 5.74) is 7.32. The van der Waals surface area contributed by atoms with Crippen molar-refractivity contribution < 1.29 is 4.74 Å². The topological polar surface area (TPSA) is 69.8 Å². The second-order valence-electron chi connectivity index (χ2n) is 9.25. The van der Waals surface area contributed by atoms with Gasteiger partial charge in [-0.1, -0.05) is 18.2 Å². The Morgan fingerprint density at radius 2 is 1.83 bits per heavy atom. The van der Waals surface area contributed by atoms with E-state index in [0.29, 0.717) is 6.61 Å². The molecule has 4 aromatic heterocycles. The van der Waals surface area contributed by atoms with Gasteiger partial charge in [-0.3, -0.25) is 10.1 Å². The number of nitrogens with zero attached hydrogens (tertiary/aromatic N) is 3. The minimum Gasteiger partial charge on any atom is -0.491 e. The number of rotatable bonds is 7. The summed E-state index contributed by atoms with van der Waals surface area (Å²) in [4.78, 5) is 12.7. The number of thiophene rings is 1. The van der Waals surface area contributed by atoms with Gasteiger partial charge in [0.25, 0.3) is 0 Å². The molecular formula is C29H27N5OS. The van der Waals surface area contributed by atoms with Gasteiger partial charge in [-0.25, -0.2) is 0 Å². The highest BCUT2D eigenvalue weighted by molar-refractivity contribution is 7.15. The van der Waals surface area contributed by atoms with Crippen LogP contribution in [0, 0.1) is 6.92 Å². The second-order valence-corrected chi connectivity index (χ2v) is 10.5. The number of fused-ring (bicyclic) bond motifs is 2. The first-order chi connectivity index (χ1) is 17.5. The van der Waals surface area contributed by atoms with Crippen LogP contribution in [0.1, 0.15) is 4.88 Å². The van der Waals surface area contributed by atoms with Crippen LogP contribution in [0.15, 0.2) is 73.1 Å². The second kappa shape index (κ2) is 9.26. The third-order valence-corrected chi connectivity index (χ3v) is 7.38. The van der Waals surface area contributed by atoms with Crippen molar-refractivity contribution in [2.45, 2.75) is 6.92 Å². The van der Waals surface area contributed by atoms with E-state index in [1.807, 2.05) is 37.7 Å². The average Bonchev–Trinajstić information content (AvgIpc) is 3.61. The molecule has 0 fully saturated rings. The molecule has 0 aliphatic carbocycles. The van der Waals surface area contributed by atoms with Gasteiger partial charge in [-0.05, 0) is 69.0 Å². The van der Waals surface area contributed by atoms with Gasteiger partial charge in [-0.2, -0.15) is 5.10 Å². The maximum atomic E-state index is 5.90. The quantitative estimate of drug-likeness (QED) is 0.258. The first kappa shape index (κ1) is 22.5. The fraction of sp³-hybridized carbons (Fsp3) is 0.172. The summed E-state index contributed by atoms with van der Waals surface area (Å²) in [6.45, 7) is 3.62. The summed E-state index contributed by atoms with van der Waals surface area (Å²) < 4.78 is 5.90. The Labute approximate surface area is 213 Å². The van der Waals surface area contributed by atoms with Crippen molar-refractivity contribution in [3.05, 3.63) is 77.9 Å². The van der Waals surface area contributed by atoms with E-state index in [1.165, 1.54) is 20.7 Å². The summed E-state index contributed by atoms with van der Waals surface area (Å²) in [6.07, 6.45) is 3.64. The van der Waals surface area contributed by atoms with Gasteiger partial charge in [0.05, 0.1) is 17.4 Å². The van der Waals surface area contributed by atoms with E-state index in [1.54, 1.807) is 6.20 Å². The zero-order valence-corrected chi connectivity index (χ0v) is 21.3. The molecule has 0 radical (unpaired) electrons. The van der Waals surface area contributed by atoms with Gasteiger partial charge < -0.3 is 14.6 Å². The number of benzene rings is 2. The minimum atomic E-state index is 0.621. The van der Waals surface area contributed by atoms with E-state index in [4.69, 9.17) is 4.74 Å². The van der Waals surface area contributed by atoms with Crippen LogP contribution in [0.25, 0.3) is 54.8 Å². The van der Waals surface area contributed by atoms with Crippen LogP contribution >= 0.6 is 11.3 Å². The van der Waals surface area contributed by atoms with Crippen molar-refractivity contribution in [2.24, 2.45) is 0 Å². The summed E-state index contributed by atoms with van der Waals surface area (Å²) in [5, 5.41) is 10.1. The van der Waals surface area contributed by atoms with E-state index in [2.05, 4.69) is 86.6 Å². The predicted octanol–water partition coefficient (Wildman–Crippen LogP) is 6.75. The molecule has 0 spiro atoms. The van der Waals surface area contributed by atoms with Gasteiger partial charge in [0, 0.05) is 49.9 Å². The molecule has 0 aliphatic rings. The van der Waals surface area contributed by atoms with Gasteiger partial charge in [0.1, 0.15) is 18.1 Å². The Morgan fingerprint density at radius 3 is 2.67 bits per heavy atom. The Balaban J connectivity index is 1.37. The molecule has 180 valence electrons. The summed E-state index contributed by atoms with van der Waals surface area (Å²) in [7, 11) is 4.07. The molecule has 0 bridgehead atoms. The third-order valence-electron chi connectivity index (χ3n) is 6.34. The van der Waals surface area contributed by atoms with Crippen molar-refractivity contribution in [3.63, 3.8) is 0 Å². The number of likely N-dealkylation sites (N-methyl/N-ethyl adjacent to an activating group) is 1. The van der Waals surface area contributed by atoms with E-state index >= 15 is 0 Å². The number of H-pyrrole nitrogens is 2. The molecule has 0 amide bonds. The standard InChI is InChI=1S/C29H27N5OS/c1-18-7-10-28(36-18)22-5-4-6-25-23(22)15-27(31-25)29-24-14-19(8-9-26(24)32-33-29)20-13-21(17-30-16-20)35-12-11-34(2)3/h4-10,13-17,31H,11-12H2,1-3H3,(H,32,33). The molecule has 6 aromatic rings. The molecular weight excluding hydrogens is 466 g/mol. The van der Waals surface area contributed by atoms with Gasteiger partial charge in [-0.15, -0.1) is 11.3 Å². The summed E-state index contributed by atoms with van der Waals surface area (Å²) in [6, 6.07) is 21.4. The SMILES string of the molecule is Cc1ccc(-c2cccc3[nH]c(-c4n[nH]c5ccc(-c6cncc(OCCN(C)C)c6)cc45)cc23)s1. The van der Waals surface area contributed by atoms with Crippen LogP contribution in [-0.4, -0.2) is 52.3 Å².